The number of ether oxygens (including phenoxy) is 2. The first kappa shape index (κ1) is 20.1. The molecule has 1 amide bonds. The summed E-state index contributed by atoms with van der Waals surface area (Å²) in [4.78, 5) is 31.2. The molecule has 0 saturated heterocycles. The summed E-state index contributed by atoms with van der Waals surface area (Å²) in [7, 11) is 0. The maximum absolute atomic E-state index is 12.9. The molecule has 1 atom stereocenters. The first-order valence-electron chi connectivity index (χ1n) is 9.89. The second-order valence-electron chi connectivity index (χ2n) is 6.83. The molecule has 1 unspecified atom stereocenters. The Hall–Kier alpha value is -3.19. The number of nitrogens with zero attached hydrogens (tertiary/aromatic N) is 2. The van der Waals surface area contributed by atoms with Gasteiger partial charge in [0.2, 0.25) is 0 Å². The zero-order chi connectivity index (χ0) is 21.1. The molecule has 0 radical (unpaired) electrons. The topological polar surface area (TPSA) is 68.7 Å². The molecule has 3 aromatic rings. The fourth-order valence-electron chi connectivity index (χ4n) is 3.36. The number of thiazole rings is 1. The van der Waals surface area contributed by atoms with Gasteiger partial charge in [-0.25, -0.2) is 4.98 Å². The molecule has 0 bridgehead atoms. The van der Waals surface area contributed by atoms with Gasteiger partial charge in [-0.2, -0.15) is 0 Å². The van der Waals surface area contributed by atoms with Crippen LogP contribution in [0.15, 0.2) is 53.9 Å². The molecule has 0 saturated carbocycles. The lowest BCUT2D eigenvalue weighted by atomic mass is 10.1. The molecule has 6 nitrogen and oxygen atoms in total. The van der Waals surface area contributed by atoms with E-state index >= 15 is 0 Å². The third-order valence-corrected chi connectivity index (χ3v) is 5.74. The lowest BCUT2D eigenvalue weighted by Crippen LogP contribution is -2.48. The zero-order valence-corrected chi connectivity index (χ0v) is 17.6. The first-order chi connectivity index (χ1) is 14.6. The van der Waals surface area contributed by atoms with E-state index in [1.807, 2.05) is 60.8 Å². The fraction of sp³-hybridized carbons (Fsp3) is 0.261. The van der Waals surface area contributed by atoms with Crippen molar-refractivity contribution in [1.82, 2.24) is 4.98 Å². The third-order valence-electron chi connectivity index (χ3n) is 4.84. The molecule has 1 aliphatic heterocycles. The smallest absolute Gasteiger partial charge is 0.326 e. The lowest BCUT2D eigenvalue weighted by Gasteiger charge is -2.33. The number of aromatic nitrogens is 1. The minimum Gasteiger partial charge on any atom is -0.478 e. The maximum Gasteiger partial charge on any atom is 0.326 e. The molecule has 1 aromatic heterocycles. The number of rotatable bonds is 6. The van der Waals surface area contributed by atoms with Crippen LogP contribution in [-0.4, -0.2) is 36.1 Å². The van der Waals surface area contributed by atoms with Crippen LogP contribution in [0.3, 0.4) is 0 Å². The summed E-state index contributed by atoms with van der Waals surface area (Å²) < 4.78 is 10.9. The Kier molecular flexibility index (Phi) is 5.81. The standard InChI is InChI=1S/C23H22N2O4S/c1-3-19-23(27)25(13-21(26)28-4-2)18-12-16(10-11-20(18)29-19)17-14-30-22(24-17)15-8-6-5-7-9-15/h5-12,14,19H,3-4,13H2,1-2H3. The number of hydrogen-bond donors (Lipinski definition) is 0. The number of hydrogen-bond acceptors (Lipinski definition) is 6. The Morgan fingerprint density at radius 2 is 1.97 bits per heavy atom. The predicted molar refractivity (Wildman–Crippen MR) is 117 cm³/mol. The van der Waals surface area contributed by atoms with Crippen LogP contribution in [0.1, 0.15) is 20.3 Å². The van der Waals surface area contributed by atoms with Gasteiger partial charge in [-0.05, 0) is 31.5 Å². The highest BCUT2D eigenvalue weighted by Gasteiger charge is 2.35. The van der Waals surface area contributed by atoms with Gasteiger partial charge in [0, 0.05) is 16.5 Å². The van der Waals surface area contributed by atoms with Crippen molar-refractivity contribution in [2.24, 2.45) is 0 Å². The fourth-order valence-corrected chi connectivity index (χ4v) is 4.20. The number of amides is 1. The van der Waals surface area contributed by atoms with Gasteiger partial charge in [0.1, 0.15) is 17.3 Å². The highest BCUT2D eigenvalue weighted by Crippen LogP contribution is 2.39. The number of benzene rings is 2. The molecule has 0 aliphatic carbocycles. The van der Waals surface area contributed by atoms with E-state index in [1.54, 1.807) is 18.3 Å². The van der Waals surface area contributed by atoms with Crippen molar-refractivity contribution >= 4 is 28.9 Å². The Balaban J connectivity index is 1.69. The molecule has 1 aliphatic rings. The number of esters is 1. The normalized spacial score (nSPS) is 15.5. The van der Waals surface area contributed by atoms with Crippen molar-refractivity contribution in [3.8, 4) is 27.6 Å². The Bertz CT molecular complexity index is 1060. The number of carbonyl (C=O) groups is 2. The molecule has 30 heavy (non-hydrogen) atoms. The van der Waals surface area contributed by atoms with Crippen molar-refractivity contribution in [2.75, 3.05) is 18.1 Å². The van der Waals surface area contributed by atoms with E-state index in [1.165, 1.54) is 4.90 Å². The highest BCUT2D eigenvalue weighted by atomic mass is 32.1. The minimum atomic E-state index is -0.610. The molecule has 2 heterocycles. The van der Waals surface area contributed by atoms with Crippen LogP contribution in [0.25, 0.3) is 21.8 Å². The van der Waals surface area contributed by atoms with Gasteiger partial charge >= 0.3 is 5.97 Å². The molecule has 0 N–H and O–H groups in total. The van der Waals surface area contributed by atoms with Crippen molar-refractivity contribution in [1.29, 1.82) is 0 Å². The van der Waals surface area contributed by atoms with Gasteiger partial charge in [-0.1, -0.05) is 37.3 Å². The Labute approximate surface area is 179 Å². The van der Waals surface area contributed by atoms with E-state index in [0.29, 0.717) is 17.9 Å². The third kappa shape index (κ3) is 3.93. The minimum absolute atomic E-state index is 0.144. The Morgan fingerprint density at radius 3 is 2.70 bits per heavy atom. The predicted octanol–water partition coefficient (Wildman–Crippen LogP) is 4.54. The van der Waals surface area contributed by atoms with Crippen LogP contribution in [0.2, 0.25) is 0 Å². The SMILES string of the molecule is CCOC(=O)CN1C(=O)C(CC)Oc2ccc(-c3csc(-c4ccccc4)n3)cc21. The average molecular weight is 423 g/mol. The van der Waals surface area contributed by atoms with Crippen LogP contribution < -0.4 is 9.64 Å². The molecule has 154 valence electrons. The number of carbonyl (C=O) groups excluding carboxylic acids is 2. The summed E-state index contributed by atoms with van der Waals surface area (Å²) in [5.74, 6) is -0.106. The molecular weight excluding hydrogens is 400 g/mol. The van der Waals surface area contributed by atoms with Crippen LogP contribution in [0, 0.1) is 0 Å². The molecule has 4 rings (SSSR count). The number of anilines is 1. The van der Waals surface area contributed by atoms with E-state index in [2.05, 4.69) is 0 Å². The monoisotopic (exact) mass is 422 g/mol. The second kappa shape index (κ2) is 8.67. The Morgan fingerprint density at radius 1 is 1.17 bits per heavy atom. The summed E-state index contributed by atoms with van der Waals surface area (Å²) in [5.41, 5.74) is 3.28. The second-order valence-corrected chi connectivity index (χ2v) is 7.69. The molecule has 0 fully saturated rings. The summed E-state index contributed by atoms with van der Waals surface area (Å²) in [6.07, 6.45) is -0.0898. The van der Waals surface area contributed by atoms with Crippen LogP contribution in [0.4, 0.5) is 5.69 Å². The van der Waals surface area contributed by atoms with Crippen LogP contribution in [0.5, 0.6) is 5.75 Å². The largest absolute Gasteiger partial charge is 0.478 e. The van der Waals surface area contributed by atoms with Gasteiger partial charge in [-0.15, -0.1) is 11.3 Å². The van der Waals surface area contributed by atoms with Crippen molar-refractivity contribution in [2.45, 2.75) is 26.4 Å². The van der Waals surface area contributed by atoms with E-state index in [4.69, 9.17) is 14.5 Å². The van der Waals surface area contributed by atoms with E-state index in [0.717, 1.165) is 21.8 Å². The summed E-state index contributed by atoms with van der Waals surface area (Å²) in [5, 5.41) is 2.91. The lowest BCUT2D eigenvalue weighted by molar-refractivity contribution is -0.143. The van der Waals surface area contributed by atoms with Gasteiger partial charge in [-0.3, -0.25) is 14.5 Å². The van der Waals surface area contributed by atoms with Gasteiger partial charge in [0.25, 0.3) is 5.91 Å². The van der Waals surface area contributed by atoms with Gasteiger partial charge in [0.15, 0.2) is 6.10 Å². The molecular formula is C23H22N2O4S. The summed E-state index contributed by atoms with van der Waals surface area (Å²) in [6, 6.07) is 15.6. The van der Waals surface area contributed by atoms with Crippen LogP contribution in [-0.2, 0) is 14.3 Å². The van der Waals surface area contributed by atoms with E-state index in [-0.39, 0.29) is 19.1 Å². The highest BCUT2D eigenvalue weighted by molar-refractivity contribution is 7.13. The van der Waals surface area contributed by atoms with Crippen molar-refractivity contribution < 1.29 is 19.1 Å². The maximum atomic E-state index is 12.9. The van der Waals surface area contributed by atoms with E-state index < -0.39 is 12.1 Å². The zero-order valence-electron chi connectivity index (χ0n) is 16.8. The molecule has 7 heteroatoms. The van der Waals surface area contributed by atoms with Gasteiger partial charge < -0.3 is 9.47 Å². The summed E-state index contributed by atoms with van der Waals surface area (Å²) in [6.45, 7) is 3.75. The van der Waals surface area contributed by atoms with Crippen molar-refractivity contribution in [3.05, 3.63) is 53.9 Å². The average Bonchev–Trinajstić information content (AvgIpc) is 3.26. The van der Waals surface area contributed by atoms with Gasteiger partial charge in [0.05, 0.1) is 18.0 Å². The quantitative estimate of drug-likeness (QED) is 0.546. The van der Waals surface area contributed by atoms with Crippen LogP contribution >= 0.6 is 11.3 Å². The summed E-state index contributed by atoms with van der Waals surface area (Å²) >= 11 is 1.56. The molecule has 2 aromatic carbocycles. The van der Waals surface area contributed by atoms with E-state index in [9.17, 15) is 9.59 Å². The number of fused-ring (bicyclic) bond motifs is 1. The molecule has 0 spiro atoms. The van der Waals surface area contributed by atoms with Crippen molar-refractivity contribution in [3.63, 3.8) is 0 Å². The first-order valence-corrected chi connectivity index (χ1v) is 10.8.